The molecule has 4 nitrogen and oxygen atoms in total. The number of carbonyl (C=O) groups is 1. The zero-order valence-corrected chi connectivity index (χ0v) is 9.85. The van der Waals surface area contributed by atoms with E-state index >= 15 is 0 Å². The monoisotopic (exact) mass is 236 g/mol. The Bertz CT molecular complexity index is 372. The van der Waals surface area contributed by atoms with Crippen LogP contribution in [0.25, 0.3) is 0 Å². The van der Waals surface area contributed by atoms with Gasteiger partial charge >= 0.3 is 0 Å². The number of ether oxygens (including phenoxy) is 3. The van der Waals surface area contributed by atoms with Gasteiger partial charge in [0.05, 0.1) is 12.7 Å². The Morgan fingerprint density at radius 3 is 2.65 bits per heavy atom. The van der Waals surface area contributed by atoms with Gasteiger partial charge in [0.2, 0.25) is 0 Å². The summed E-state index contributed by atoms with van der Waals surface area (Å²) in [4.78, 5) is 11.1. The third-order valence-electron chi connectivity index (χ3n) is 2.67. The summed E-state index contributed by atoms with van der Waals surface area (Å²) in [5.74, 6) is 0.963. The summed E-state index contributed by atoms with van der Waals surface area (Å²) in [5, 5.41) is 0. The van der Waals surface area contributed by atoms with Gasteiger partial charge in [-0.05, 0) is 17.7 Å². The van der Waals surface area contributed by atoms with Gasteiger partial charge in [0.25, 0.3) is 0 Å². The highest BCUT2D eigenvalue weighted by atomic mass is 16.5. The van der Waals surface area contributed by atoms with E-state index in [0.717, 1.165) is 11.3 Å². The predicted molar refractivity (Wildman–Crippen MR) is 62.1 cm³/mol. The first-order chi connectivity index (χ1) is 8.29. The van der Waals surface area contributed by atoms with Crippen LogP contribution in [0.1, 0.15) is 18.1 Å². The van der Waals surface area contributed by atoms with Crippen molar-refractivity contribution in [1.82, 2.24) is 0 Å². The molecule has 1 aromatic rings. The van der Waals surface area contributed by atoms with Gasteiger partial charge in [0.1, 0.15) is 19.0 Å². The van der Waals surface area contributed by atoms with Crippen LogP contribution in [-0.2, 0) is 14.3 Å². The van der Waals surface area contributed by atoms with Crippen LogP contribution in [0.5, 0.6) is 5.75 Å². The smallest absolute Gasteiger partial charge is 0.161 e. The molecule has 1 unspecified atom stereocenters. The number of hydrogen-bond acceptors (Lipinski definition) is 4. The molecule has 0 saturated carbocycles. The average molecular weight is 236 g/mol. The van der Waals surface area contributed by atoms with Gasteiger partial charge in [0, 0.05) is 13.5 Å². The van der Waals surface area contributed by atoms with Crippen LogP contribution >= 0.6 is 0 Å². The van der Waals surface area contributed by atoms with Crippen LogP contribution in [0.2, 0.25) is 0 Å². The molecule has 0 aromatic heterocycles. The Hall–Kier alpha value is -1.39. The summed E-state index contributed by atoms with van der Waals surface area (Å²) in [6, 6.07) is 7.64. The summed E-state index contributed by atoms with van der Waals surface area (Å²) in [7, 11) is 1.64. The maximum absolute atomic E-state index is 11.1. The Labute approximate surface area is 100 Å². The highest BCUT2D eigenvalue weighted by Gasteiger charge is 2.24. The molecule has 1 atom stereocenters. The van der Waals surface area contributed by atoms with E-state index in [1.54, 1.807) is 7.11 Å². The molecule has 0 aliphatic carbocycles. The summed E-state index contributed by atoms with van der Waals surface area (Å²) < 4.78 is 15.7. The van der Waals surface area contributed by atoms with E-state index in [2.05, 4.69) is 0 Å². The molecule has 0 amide bonds. The lowest BCUT2D eigenvalue weighted by molar-refractivity contribution is -0.117. The van der Waals surface area contributed by atoms with Crippen LogP contribution in [0.15, 0.2) is 24.3 Å². The molecule has 92 valence electrons. The van der Waals surface area contributed by atoms with Crippen LogP contribution in [0, 0.1) is 0 Å². The van der Waals surface area contributed by atoms with Crippen molar-refractivity contribution in [2.45, 2.75) is 12.5 Å². The summed E-state index contributed by atoms with van der Waals surface area (Å²) in [6.07, 6.45) is 0.389. The molecule has 1 heterocycles. The minimum absolute atomic E-state index is 0.0875. The third-order valence-corrected chi connectivity index (χ3v) is 2.67. The largest absolute Gasteiger partial charge is 0.491 e. The van der Waals surface area contributed by atoms with Crippen molar-refractivity contribution in [3.63, 3.8) is 0 Å². The zero-order valence-electron chi connectivity index (χ0n) is 9.85. The van der Waals surface area contributed by atoms with E-state index in [9.17, 15) is 4.79 Å². The second-order valence-electron chi connectivity index (χ2n) is 3.95. The number of carbonyl (C=O) groups excluding carboxylic acids is 1. The van der Waals surface area contributed by atoms with E-state index in [0.29, 0.717) is 19.6 Å². The fourth-order valence-corrected chi connectivity index (χ4v) is 1.75. The number of benzene rings is 1. The lowest BCUT2D eigenvalue weighted by Gasteiger charge is -2.10. The van der Waals surface area contributed by atoms with E-state index in [1.807, 2.05) is 24.3 Å². The maximum atomic E-state index is 11.1. The van der Waals surface area contributed by atoms with Gasteiger partial charge in [-0.3, -0.25) is 4.79 Å². The number of methoxy groups -OCH3 is 1. The van der Waals surface area contributed by atoms with Crippen molar-refractivity contribution in [2.24, 2.45) is 0 Å². The molecule has 1 fully saturated rings. The van der Waals surface area contributed by atoms with Gasteiger partial charge in [-0.15, -0.1) is 0 Å². The SMILES string of the molecule is COCCOc1ccc(C2CC(=O)CO2)cc1. The second-order valence-corrected chi connectivity index (χ2v) is 3.95. The van der Waals surface area contributed by atoms with Crippen molar-refractivity contribution >= 4 is 5.78 Å². The molecule has 4 heteroatoms. The Morgan fingerprint density at radius 2 is 2.06 bits per heavy atom. The third kappa shape index (κ3) is 3.28. The summed E-state index contributed by atoms with van der Waals surface area (Å²) in [5.41, 5.74) is 1.02. The topological polar surface area (TPSA) is 44.8 Å². The Balaban J connectivity index is 1.91. The van der Waals surface area contributed by atoms with Gasteiger partial charge < -0.3 is 14.2 Å². The first-order valence-electron chi connectivity index (χ1n) is 5.64. The standard InChI is InChI=1S/C13H16O4/c1-15-6-7-16-12-4-2-10(3-5-12)13-8-11(14)9-17-13/h2-5,13H,6-9H2,1H3. The fourth-order valence-electron chi connectivity index (χ4n) is 1.75. The van der Waals surface area contributed by atoms with Gasteiger partial charge in [-0.25, -0.2) is 0 Å². The van der Waals surface area contributed by atoms with E-state index in [-0.39, 0.29) is 18.5 Å². The normalized spacial score (nSPS) is 19.6. The number of ketones is 1. The highest BCUT2D eigenvalue weighted by Crippen LogP contribution is 2.27. The first kappa shape index (κ1) is 12.1. The van der Waals surface area contributed by atoms with Crippen LogP contribution in [0.4, 0.5) is 0 Å². The molecular formula is C13H16O4. The fraction of sp³-hybridized carbons (Fsp3) is 0.462. The van der Waals surface area contributed by atoms with Gasteiger partial charge in [-0.1, -0.05) is 12.1 Å². The lowest BCUT2D eigenvalue weighted by Crippen LogP contribution is -2.04. The molecule has 1 saturated heterocycles. The van der Waals surface area contributed by atoms with Crippen LogP contribution < -0.4 is 4.74 Å². The van der Waals surface area contributed by atoms with Gasteiger partial charge in [-0.2, -0.15) is 0 Å². The molecule has 17 heavy (non-hydrogen) atoms. The van der Waals surface area contributed by atoms with Crippen LogP contribution in [-0.4, -0.2) is 32.7 Å². The number of Topliss-reactive ketones (excluding diaryl/α,β-unsaturated/α-hetero) is 1. The zero-order chi connectivity index (χ0) is 12.1. The van der Waals surface area contributed by atoms with Crippen molar-refractivity contribution in [3.05, 3.63) is 29.8 Å². The minimum atomic E-state index is -0.0875. The van der Waals surface area contributed by atoms with E-state index < -0.39 is 0 Å². The molecule has 0 bridgehead atoms. The van der Waals surface area contributed by atoms with Gasteiger partial charge in [0.15, 0.2) is 5.78 Å². The predicted octanol–water partition coefficient (Wildman–Crippen LogP) is 1.74. The second kappa shape index (κ2) is 5.80. The van der Waals surface area contributed by atoms with Crippen LogP contribution in [0.3, 0.4) is 0 Å². The molecule has 0 N–H and O–H groups in total. The highest BCUT2D eigenvalue weighted by molar-refractivity contribution is 5.82. The van der Waals surface area contributed by atoms with E-state index in [4.69, 9.17) is 14.2 Å². The van der Waals surface area contributed by atoms with E-state index in [1.165, 1.54) is 0 Å². The summed E-state index contributed by atoms with van der Waals surface area (Å²) in [6.45, 7) is 1.34. The molecule has 0 radical (unpaired) electrons. The van der Waals surface area contributed by atoms with Crippen molar-refractivity contribution in [3.8, 4) is 5.75 Å². The lowest BCUT2D eigenvalue weighted by atomic mass is 10.1. The molecule has 2 rings (SSSR count). The number of rotatable bonds is 5. The number of hydrogen-bond donors (Lipinski definition) is 0. The minimum Gasteiger partial charge on any atom is -0.491 e. The Kier molecular flexibility index (Phi) is 4.12. The molecule has 1 aliphatic heterocycles. The maximum Gasteiger partial charge on any atom is 0.161 e. The first-order valence-corrected chi connectivity index (χ1v) is 5.64. The molecule has 1 aromatic carbocycles. The average Bonchev–Trinajstić information content (AvgIpc) is 2.77. The molecular weight excluding hydrogens is 220 g/mol. The Morgan fingerprint density at radius 1 is 1.29 bits per heavy atom. The molecule has 0 spiro atoms. The van der Waals surface area contributed by atoms with Crippen molar-refractivity contribution in [2.75, 3.05) is 26.9 Å². The van der Waals surface area contributed by atoms with Crippen molar-refractivity contribution in [1.29, 1.82) is 0 Å². The molecule has 1 aliphatic rings. The quantitative estimate of drug-likeness (QED) is 0.730. The summed E-state index contributed by atoms with van der Waals surface area (Å²) >= 11 is 0. The van der Waals surface area contributed by atoms with Crippen molar-refractivity contribution < 1.29 is 19.0 Å².